The Balaban J connectivity index is 1.76. The first-order valence-corrected chi connectivity index (χ1v) is 6.35. The van der Waals surface area contributed by atoms with E-state index in [1.54, 1.807) is 0 Å². The van der Waals surface area contributed by atoms with Crippen molar-refractivity contribution in [2.75, 3.05) is 13.2 Å². The van der Waals surface area contributed by atoms with Crippen molar-refractivity contribution < 1.29 is 4.74 Å². The Hall–Kier alpha value is -0.770. The van der Waals surface area contributed by atoms with Crippen LogP contribution in [0.15, 0.2) is 4.99 Å². The highest BCUT2D eigenvalue weighted by Gasteiger charge is 2.43. The Morgan fingerprint density at radius 3 is 3.06 bits per heavy atom. The molecule has 1 saturated carbocycles. The van der Waals surface area contributed by atoms with Crippen LogP contribution in [-0.2, 0) is 4.74 Å². The number of hydrogen-bond donors (Lipinski definition) is 2. The van der Waals surface area contributed by atoms with Gasteiger partial charge in [0.2, 0.25) is 0 Å². The smallest absolute Gasteiger partial charge is 0.188 e. The van der Waals surface area contributed by atoms with Crippen molar-refractivity contribution in [2.45, 2.75) is 45.3 Å². The lowest BCUT2D eigenvalue weighted by molar-refractivity contribution is -0.0989. The molecular formula is C12H23N3O. The van der Waals surface area contributed by atoms with Gasteiger partial charge in [-0.2, -0.15) is 0 Å². The van der Waals surface area contributed by atoms with E-state index in [0.717, 1.165) is 19.6 Å². The standard InChI is InChI=1S/C12H23N3O/c1-8(2)7-14-12(13)15-10-6-11-9(10)4-3-5-16-11/h8-11H,3-7H2,1-2H3,(H3,13,14,15). The number of nitrogens with two attached hydrogens (primary N) is 1. The maximum absolute atomic E-state index is 5.85. The van der Waals surface area contributed by atoms with Crippen molar-refractivity contribution in [3.8, 4) is 0 Å². The Bertz CT molecular complexity index is 265. The fraction of sp³-hybridized carbons (Fsp3) is 0.917. The quantitative estimate of drug-likeness (QED) is 0.559. The van der Waals surface area contributed by atoms with Gasteiger partial charge in [0.15, 0.2) is 5.96 Å². The minimum absolute atomic E-state index is 0.476. The highest BCUT2D eigenvalue weighted by atomic mass is 16.5. The monoisotopic (exact) mass is 225 g/mol. The third-order valence-electron chi connectivity index (χ3n) is 3.45. The predicted octanol–water partition coefficient (Wildman–Crippen LogP) is 1.11. The molecule has 2 fully saturated rings. The molecule has 3 atom stereocenters. The van der Waals surface area contributed by atoms with Crippen LogP contribution in [-0.4, -0.2) is 31.3 Å². The molecule has 0 aromatic heterocycles. The van der Waals surface area contributed by atoms with Gasteiger partial charge in [-0.15, -0.1) is 0 Å². The van der Waals surface area contributed by atoms with E-state index in [9.17, 15) is 0 Å². The second-order valence-corrected chi connectivity index (χ2v) is 5.32. The van der Waals surface area contributed by atoms with Gasteiger partial charge in [0.1, 0.15) is 0 Å². The molecule has 2 aliphatic rings. The molecule has 0 amide bonds. The van der Waals surface area contributed by atoms with Crippen LogP contribution in [0.25, 0.3) is 0 Å². The van der Waals surface area contributed by atoms with E-state index in [0.29, 0.717) is 29.9 Å². The molecule has 4 heteroatoms. The number of aliphatic imine (C=N–C) groups is 1. The number of nitrogens with zero attached hydrogens (tertiary/aromatic N) is 1. The minimum Gasteiger partial charge on any atom is -0.378 e. The molecule has 1 saturated heterocycles. The summed E-state index contributed by atoms with van der Waals surface area (Å²) >= 11 is 0. The molecule has 3 N–H and O–H groups in total. The predicted molar refractivity (Wildman–Crippen MR) is 65.3 cm³/mol. The largest absolute Gasteiger partial charge is 0.378 e. The Kier molecular flexibility index (Phi) is 3.69. The highest BCUT2D eigenvalue weighted by molar-refractivity contribution is 5.78. The first-order valence-electron chi connectivity index (χ1n) is 6.35. The summed E-state index contributed by atoms with van der Waals surface area (Å²) in [6, 6.07) is 0.487. The normalized spacial score (nSPS) is 34.4. The van der Waals surface area contributed by atoms with E-state index in [1.165, 1.54) is 12.8 Å². The van der Waals surface area contributed by atoms with Crippen molar-refractivity contribution in [3.05, 3.63) is 0 Å². The molecular weight excluding hydrogens is 202 g/mol. The average Bonchev–Trinajstić information content (AvgIpc) is 2.23. The van der Waals surface area contributed by atoms with Crippen molar-refractivity contribution >= 4 is 5.96 Å². The summed E-state index contributed by atoms with van der Waals surface area (Å²) < 4.78 is 5.67. The summed E-state index contributed by atoms with van der Waals surface area (Å²) in [5.41, 5.74) is 5.85. The van der Waals surface area contributed by atoms with Crippen LogP contribution in [0.3, 0.4) is 0 Å². The summed E-state index contributed by atoms with van der Waals surface area (Å²) in [6.45, 7) is 6.03. The Morgan fingerprint density at radius 2 is 2.38 bits per heavy atom. The third kappa shape index (κ3) is 2.67. The van der Waals surface area contributed by atoms with Gasteiger partial charge in [-0.05, 0) is 25.2 Å². The van der Waals surface area contributed by atoms with Crippen LogP contribution < -0.4 is 11.1 Å². The maximum atomic E-state index is 5.85. The molecule has 0 aromatic rings. The fourth-order valence-electron chi connectivity index (χ4n) is 2.48. The summed E-state index contributed by atoms with van der Waals surface area (Å²) in [5.74, 6) is 1.82. The van der Waals surface area contributed by atoms with Gasteiger partial charge in [-0.25, -0.2) is 0 Å². The molecule has 1 aliphatic heterocycles. The Morgan fingerprint density at radius 1 is 1.56 bits per heavy atom. The summed E-state index contributed by atoms with van der Waals surface area (Å²) in [7, 11) is 0. The van der Waals surface area contributed by atoms with Gasteiger partial charge in [0, 0.05) is 25.1 Å². The molecule has 2 rings (SSSR count). The number of fused-ring (bicyclic) bond motifs is 1. The SMILES string of the molecule is CC(C)CN=C(N)NC1CC2OCCCC12. The molecule has 1 heterocycles. The fourth-order valence-corrected chi connectivity index (χ4v) is 2.48. The molecule has 4 nitrogen and oxygen atoms in total. The van der Waals surface area contributed by atoms with E-state index in [1.807, 2.05) is 0 Å². The van der Waals surface area contributed by atoms with Crippen molar-refractivity contribution in [1.82, 2.24) is 5.32 Å². The van der Waals surface area contributed by atoms with Gasteiger partial charge in [-0.1, -0.05) is 13.8 Å². The van der Waals surface area contributed by atoms with Crippen molar-refractivity contribution in [1.29, 1.82) is 0 Å². The van der Waals surface area contributed by atoms with E-state index in [4.69, 9.17) is 10.5 Å². The minimum atomic E-state index is 0.476. The van der Waals surface area contributed by atoms with E-state index >= 15 is 0 Å². The van der Waals surface area contributed by atoms with Gasteiger partial charge in [0.25, 0.3) is 0 Å². The zero-order valence-corrected chi connectivity index (χ0v) is 10.3. The first-order chi connectivity index (χ1) is 7.66. The molecule has 0 bridgehead atoms. The lowest BCUT2D eigenvalue weighted by Gasteiger charge is -2.47. The lowest BCUT2D eigenvalue weighted by atomic mass is 9.72. The van der Waals surface area contributed by atoms with Crippen molar-refractivity contribution in [3.63, 3.8) is 0 Å². The molecule has 92 valence electrons. The summed E-state index contributed by atoms with van der Waals surface area (Å²) in [6.07, 6.45) is 4.01. The van der Waals surface area contributed by atoms with Gasteiger partial charge < -0.3 is 15.8 Å². The Labute approximate surface area is 97.6 Å². The lowest BCUT2D eigenvalue weighted by Crippen LogP contribution is -2.59. The van der Waals surface area contributed by atoms with E-state index in [-0.39, 0.29) is 0 Å². The molecule has 0 aromatic carbocycles. The maximum Gasteiger partial charge on any atom is 0.188 e. The number of ether oxygens (including phenoxy) is 1. The zero-order valence-electron chi connectivity index (χ0n) is 10.3. The highest BCUT2D eigenvalue weighted by Crippen LogP contribution is 2.37. The second-order valence-electron chi connectivity index (χ2n) is 5.32. The van der Waals surface area contributed by atoms with E-state index in [2.05, 4.69) is 24.2 Å². The number of rotatable bonds is 3. The van der Waals surface area contributed by atoms with Gasteiger partial charge in [-0.3, -0.25) is 4.99 Å². The molecule has 0 spiro atoms. The van der Waals surface area contributed by atoms with Crippen molar-refractivity contribution in [2.24, 2.45) is 22.6 Å². The topological polar surface area (TPSA) is 59.6 Å². The van der Waals surface area contributed by atoms with Crippen LogP contribution in [0.1, 0.15) is 33.1 Å². The second kappa shape index (κ2) is 5.04. The van der Waals surface area contributed by atoms with Crippen LogP contribution in [0.2, 0.25) is 0 Å². The average molecular weight is 225 g/mol. The first kappa shape index (κ1) is 11.7. The third-order valence-corrected chi connectivity index (χ3v) is 3.45. The molecule has 3 unspecified atom stereocenters. The van der Waals surface area contributed by atoms with Crippen LogP contribution in [0, 0.1) is 11.8 Å². The van der Waals surface area contributed by atoms with Crippen LogP contribution >= 0.6 is 0 Å². The molecule has 0 radical (unpaired) electrons. The molecule has 1 aliphatic carbocycles. The molecule has 16 heavy (non-hydrogen) atoms. The van der Waals surface area contributed by atoms with Gasteiger partial charge >= 0.3 is 0 Å². The zero-order chi connectivity index (χ0) is 11.5. The number of guanidine groups is 1. The summed E-state index contributed by atoms with van der Waals surface area (Å²) in [5, 5.41) is 3.32. The van der Waals surface area contributed by atoms with Crippen LogP contribution in [0.4, 0.5) is 0 Å². The van der Waals surface area contributed by atoms with Gasteiger partial charge in [0.05, 0.1) is 6.10 Å². The van der Waals surface area contributed by atoms with E-state index < -0.39 is 0 Å². The van der Waals surface area contributed by atoms with Crippen LogP contribution in [0.5, 0.6) is 0 Å². The number of nitrogens with one attached hydrogen (secondary N) is 1. The number of hydrogen-bond acceptors (Lipinski definition) is 2. The summed E-state index contributed by atoms with van der Waals surface area (Å²) in [4.78, 5) is 4.33.